The molecule has 1 aromatic heterocycles. The van der Waals surface area contributed by atoms with Gasteiger partial charge in [-0.05, 0) is 60.3 Å². The van der Waals surface area contributed by atoms with Gasteiger partial charge >= 0.3 is 5.97 Å². The van der Waals surface area contributed by atoms with Crippen LogP contribution in [0, 0.1) is 6.92 Å². The molecule has 0 aliphatic carbocycles. The van der Waals surface area contributed by atoms with E-state index < -0.39 is 0 Å². The first-order valence-corrected chi connectivity index (χ1v) is 9.46. The Hall–Kier alpha value is -3.45. The van der Waals surface area contributed by atoms with Gasteiger partial charge in [-0.3, -0.25) is 4.79 Å². The van der Waals surface area contributed by atoms with Crippen molar-refractivity contribution in [2.45, 2.75) is 6.92 Å². The molecule has 0 spiro atoms. The van der Waals surface area contributed by atoms with Crippen molar-refractivity contribution in [2.75, 3.05) is 11.9 Å². The van der Waals surface area contributed by atoms with Crippen molar-refractivity contribution < 1.29 is 14.3 Å². The van der Waals surface area contributed by atoms with Gasteiger partial charge in [-0.1, -0.05) is 23.8 Å². The molecule has 0 saturated carbocycles. The first kappa shape index (κ1) is 19.3. The molecule has 0 unspecified atom stereocenters. The predicted molar refractivity (Wildman–Crippen MR) is 111 cm³/mol. The fourth-order valence-corrected chi connectivity index (χ4v) is 2.84. The number of carbonyl (C=O) groups is 2. The molecule has 0 aliphatic rings. The Balaban J connectivity index is 1.44. The first-order valence-electron chi connectivity index (χ1n) is 8.58. The van der Waals surface area contributed by atoms with Crippen LogP contribution in [0.15, 0.2) is 71.1 Å². The summed E-state index contributed by atoms with van der Waals surface area (Å²) < 4.78 is 5.29. The molecule has 0 aliphatic heterocycles. The molecule has 28 heavy (non-hydrogen) atoms. The minimum atomic E-state index is -0.384. The maximum Gasteiger partial charge on any atom is 0.353 e. The number of carbonyl (C=O) groups excluding carboxylic acids is 2. The van der Waals surface area contributed by atoms with Crippen molar-refractivity contribution in [2.24, 2.45) is 5.10 Å². The minimum absolute atomic E-state index is 0.123. The van der Waals surface area contributed by atoms with E-state index >= 15 is 0 Å². The van der Waals surface area contributed by atoms with E-state index in [0.717, 1.165) is 16.8 Å². The lowest BCUT2D eigenvalue weighted by atomic mass is 10.2. The molecule has 6 nitrogen and oxygen atoms in total. The maximum absolute atomic E-state index is 11.9. The number of hydrazone groups is 1. The number of rotatable bonds is 7. The van der Waals surface area contributed by atoms with Crippen LogP contribution in [-0.2, 0) is 4.79 Å². The highest BCUT2D eigenvalue weighted by Crippen LogP contribution is 2.16. The number of amides is 1. The van der Waals surface area contributed by atoms with Crippen LogP contribution in [-0.4, -0.2) is 24.6 Å². The van der Waals surface area contributed by atoms with E-state index in [4.69, 9.17) is 4.74 Å². The summed E-state index contributed by atoms with van der Waals surface area (Å²) in [6.45, 7) is 2.13. The Morgan fingerprint density at radius 3 is 2.50 bits per heavy atom. The van der Waals surface area contributed by atoms with Gasteiger partial charge < -0.3 is 10.1 Å². The Bertz CT molecular complexity index is 950. The van der Waals surface area contributed by atoms with Gasteiger partial charge in [0.15, 0.2) is 0 Å². The number of thiophene rings is 1. The van der Waals surface area contributed by atoms with E-state index in [1.807, 2.05) is 36.6 Å². The summed E-state index contributed by atoms with van der Waals surface area (Å²) in [5.74, 6) is -0.190. The number of hydrogen-bond donors (Lipinski definition) is 2. The lowest BCUT2D eigenvalue weighted by Gasteiger charge is -2.05. The Morgan fingerprint density at radius 1 is 1.07 bits per heavy atom. The Labute approximate surface area is 166 Å². The predicted octanol–water partition coefficient (Wildman–Crippen LogP) is 3.84. The number of hydrogen-bond acceptors (Lipinski definition) is 6. The third-order valence-electron chi connectivity index (χ3n) is 3.72. The molecule has 142 valence electrons. The zero-order valence-electron chi connectivity index (χ0n) is 15.2. The molecular formula is C21H19N3O3S. The van der Waals surface area contributed by atoms with Crippen LogP contribution < -0.4 is 15.5 Å². The molecule has 0 radical (unpaired) electrons. The van der Waals surface area contributed by atoms with Crippen LogP contribution in [0.1, 0.15) is 20.8 Å². The lowest BCUT2D eigenvalue weighted by Crippen LogP contribution is -2.25. The number of ether oxygens (including phenoxy) is 1. The molecule has 0 atom stereocenters. The van der Waals surface area contributed by atoms with E-state index in [2.05, 4.69) is 15.8 Å². The van der Waals surface area contributed by atoms with E-state index in [1.54, 1.807) is 36.4 Å². The van der Waals surface area contributed by atoms with E-state index in [1.165, 1.54) is 17.6 Å². The van der Waals surface area contributed by atoms with Gasteiger partial charge in [0.2, 0.25) is 0 Å². The average molecular weight is 393 g/mol. The summed E-state index contributed by atoms with van der Waals surface area (Å²) in [5.41, 5.74) is 5.26. The molecule has 3 rings (SSSR count). The van der Waals surface area contributed by atoms with Gasteiger partial charge in [-0.2, -0.15) is 5.10 Å². The molecule has 2 N–H and O–H groups in total. The quantitative estimate of drug-likeness (QED) is 0.277. The molecule has 1 amide bonds. The number of nitrogens with zero attached hydrogens (tertiary/aromatic N) is 1. The molecule has 0 bridgehead atoms. The lowest BCUT2D eigenvalue weighted by molar-refractivity contribution is -0.119. The van der Waals surface area contributed by atoms with Crippen LogP contribution in [0.3, 0.4) is 0 Å². The molecule has 2 aromatic carbocycles. The molecule has 0 saturated heterocycles. The standard InChI is InChI=1S/C21H19N3O3S/c1-15-4-8-17(9-5-15)22-14-20(25)24-23-13-16-6-10-18(11-7-16)27-21(26)19-3-2-12-28-19/h2-13,22H,14H2,1H3,(H,24,25)/b23-13+. The van der Waals surface area contributed by atoms with Crippen LogP contribution in [0.2, 0.25) is 0 Å². The van der Waals surface area contributed by atoms with E-state index in [0.29, 0.717) is 10.6 Å². The fourth-order valence-electron chi connectivity index (χ4n) is 2.25. The van der Waals surface area contributed by atoms with Gasteiger partial charge in [0.25, 0.3) is 5.91 Å². The summed E-state index contributed by atoms with van der Waals surface area (Å²) in [6.07, 6.45) is 1.52. The highest BCUT2D eigenvalue weighted by atomic mass is 32.1. The molecule has 3 aromatic rings. The van der Waals surface area contributed by atoms with Crippen molar-refractivity contribution in [3.63, 3.8) is 0 Å². The smallest absolute Gasteiger partial charge is 0.353 e. The Morgan fingerprint density at radius 2 is 1.82 bits per heavy atom. The highest BCUT2D eigenvalue weighted by Gasteiger charge is 2.08. The van der Waals surface area contributed by atoms with Crippen molar-refractivity contribution >= 4 is 35.1 Å². The van der Waals surface area contributed by atoms with Gasteiger partial charge in [-0.15, -0.1) is 11.3 Å². The second-order valence-corrected chi connectivity index (χ2v) is 6.90. The monoisotopic (exact) mass is 393 g/mol. The fraction of sp³-hybridized carbons (Fsp3) is 0.0952. The number of aryl methyl sites for hydroxylation is 1. The summed E-state index contributed by atoms with van der Waals surface area (Å²) >= 11 is 1.33. The van der Waals surface area contributed by atoms with E-state index in [9.17, 15) is 9.59 Å². The van der Waals surface area contributed by atoms with Crippen LogP contribution >= 0.6 is 11.3 Å². The van der Waals surface area contributed by atoms with Gasteiger partial charge in [0, 0.05) is 5.69 Å². The third kappa shape index (κ3) is 5.78. The molecule has 1 heterocycles. The number of nitrogens with one attached hydrogen (secondary N) is 2. The topological polar surface area (TPSA) is 79.8 Å². The molecule has 0 fully saturated rings. The largest absolute Gasteiger partial charge is 0.422 e. The third-order valence-corrected chi connectivity index (χ3v) is 4.57. The number of esters is 1. The maximum atomic E-state index is 11.9. The Kier molecular flexibility index (Phi) is 6.54. The average Bonchev–Trinajstić information content (AvgIpc) is 3.24. The van der Waals surface area contributed by atoms with Gasteiger partial charge in [0.05, 0.1) is 12.8 Å². The highest BCUT2D eigenvalue weighted by molar-refractivity contribution is 7.12. The second kappa shape index (κ2) is 9.48. The van der Waals surface area contributed by atoms with Gasteiger partial charge in [0.1, 0.15) is 10.6 Å². The zero-order chi connectivity index (χ0) is 19.8. The summed E-state index contributed by atoms with van der Waals surface area (Å²) in [7, 11) is 0. The van der Waals surface area contributed by atoms with Crippen molar-refractivity contribution in [3.05, 3.63) is 82.0 Å². The normalized spacial score (nSPS) is 10.6. The van der Waals surface area contributed by atoms with E-state index in [-0.39, 0.29) is 18.4 Å². The molecule has 7 heteroatoms. The molecular weight excluding hydrogens is 374 g/mol. The summed E-state index contributed by atoms with van der Waals surface area (Å²) in [5, 5.41) is 8.77. The first-order chi connectivity index (χ1) is 13.6. The summed E-state index contributed by atoms with van der Waals surface area (Å²) in [6, 6.07) is 18.1. The van der Waals surface area contributed by atoms with Crippen molar-refractivity contribution in [1.82, 2.24) is 5.43 Å². The zero-order valence-corrected chi connectivity index (χ0v) is 16.0. The minimum Gasteiger partial charge on any atom is -0.422 e. The number of anilines is 1. The van der Waals surface area contributed by atoms with Crippen LogP contribution in [0.25, 0.3) is 0 Å². The van der Waals surface area contributed by atoms with Crippen LogP contribution in [0.5, 0.6) is 5.75 Å². The number of benzene rings is 2. The van der Waals surface area contributed by atoms with Crippen LogP contribution in [0.4, 0.5) is 5.69 Å². The van der Waals surface area contributed by atoms with Gasteiger partial charge in [-0.25, -0.2) is 10.2 Å². The van der Waals surface area contributed by atoms with Crippen molar-refractivity contribution in [3.8, 4) is 5.75 Å². The SMILES string of the molecule is Cc1ccc(NCC(=O)N/N=C/c2ccc(OC(=O)c3cccs3)cc2)cc1. The second-order valence-electron chi connectivity index (χ2n) is 5.95. The summed E-state index contributed by atoms with van der Waals surface area (Å²) in [4.78, 5) is 24.3. The van der Waals surface area contributed by atoms with Crippen molar-refractivity contribution in [1.29, 1.82) is 0 Å².